The monoisotopic (exact) mass is 294 g/mol. The van der Waals surface area contributed by atoms with Crippen molar-refractivity contribution in [1.82, 2.24) is 4.90 Å². The zero-order chi connectivity index (χ0) is 15.6. The van der Waals surface area contributed by atoms with Gasteiger partial charge in [0.05, 0.1) is 5.69 Å². The normalized spacial score (nSPS) is 21.4. The number of halogens is 1. The van der Waals surface area contributed by atoms with Crippen LogP contribution in [0.25, 0.3) is 0 Å². The van der Waals surface area contributed by atoms with Gasteiger partial charge in [-0.3, -0.25) is 0 Å². The van der Waals surface area contributed by atoms with Crippen molar-refractivity contribution in [3.05, 3.63) is 29.6 Å². The molecule has 2 amide bonds. The molecule has 1 aromatic carbocycles. The number of hydrogen-bond donors (Lipinski definition) is 2. The number of amides is 2. The highest BCUT2D eigenvalue weighted by atomic mass is 19.1. The van der Waals surface area contributed by atoms with Gasteiger partial charge in [-0.2, -0.15) is 0 Å². The number of nitrogens with one attached hydrogen (secondary N) is 1. The molecule has 1 atom stereocenters. The summed E-state index contributed by atoms with van der Waals surface area (Å²) in [5, 5.41) is 11.9. The highest BCUT2D eigenvalue weighted by Crippen LogP contribution is 2.33. The Kier molecular flexibility index (Phi) is 4.16. The minimum Gasteiger partial charge on any atom is -0.479 e. The van der Waals surface area contributed by atoms with Gasteiger partial charge < -0.3 is 15.3 Å². The molecular weight excluding hydrogens is 275 g/mol. The maximum Gasteiger partial charge on any atom is 0.329 e. The van der Waals surface area contributed by atoms with Crippen LogP contribution in [-0.4, -0.2) is 34.1 Å². The van der Waals surface area contributed by atoms with E-state index in [0.29, 0.717) is 25.8 Å². The van der Waals surface area contributed by atoms with Crippen LogP contribution in [0.5, 0.6) is 0 Å². The molecule has 0 bridgehead atoms. The van der Waals surface area contributed by atoms with Gasteiger partial charge in [0.1, 0.15) is 11.4 Å². The molecule has 6 heteroatoms. The van der Waals surface area contributed by atoms with Gasteiger partial charge in [0.15, 0.2) is 0 Å². The molecule has 2 rings (SSSR count). The summed E-state index contributed by atoms with van der Waals surface area (Å²) < 4.78 is 13.7. The largest absolute Gasteiger partial charge is 0.479 e. The summed E-state index contributed by atoms with van der Waals surface area (Å²) in [6.45, 7) is 3.89. The zero-order valence-corrected chi connectivity index (χ0v) is 12.1. The molecule has 21 heavy (non-hydrogen) atoms. The first-order valence-corrected chi connectivity index (χ1v) is 6.99. The van der Waals surface area contributed by atoms with Crippen molar-refractivity contribution in [3.8, 4) is 0 Å². The number of aliphatic carboxylic acids is 1. The molecule has 5 nitrogen and oxygen atoms in total. The standard InChI is InChI=1S/C15H19FN2O3/c1-3-15(13(19)20)7-4-8-18(15)14(21)17-12-9-10(2)5-6-11(12)16/h5-6,9H,3-4,7-8H2,1-2H3,(H,17,21)(H,19,20). The number of hydrogen-bond acceptors (Lipinski definition) is 2. The Morgan fingerprint density at radius 3 is 2.81 bits per heavy atom. The molecule has 0 aliphatic carbocycles. The van der Waals surface area contributed by atoms with E-state index in [1.807, 2.05) is 0 Å². The summed E-state index contributed by atoms with van der Waals surface area (Å²) in [7, 11) is 0. The lowest BCUT2D eigenvalue weighted by atomic mass is 9.93. The Hall–Kier alpha value is -2.11. The second-order valence-corrected chi connectivity index (χ2v) is 5.36. The first-order valence-electron chi connectivity index (χ1n) is 6.99. The maximum absolute atomic E-state index is 13.7. The number of carbonyl (C=O) groups is 2. The van der Waals surface area contributed by atoms with Gasteiger partial charge in [-0.25, -0.2) is 14.0 Å². The van der Waals surface area contributed by atoms with E-state index in [1.165, 1.54) is 17.0 Å². The van der Waals surface area contributed by atoms with Gasteiger partial charge in [-0.05, 0) is 43.9 Å². The highest BCUT2D eigenvalue weighted by molar-refractivity contribution is 5.94. The van der Waals surface area contributed by atoms with Gasteiger partial charge in [0, 0.05) is 6.54 Å². The average molecular weight is 294 g/mol. The van der Waals surface area contributed by atoms with Gasteiger partial charge in [-0.15, -0.1) is 0 Å². The summed E-state index contributed by atoms with van der Waals surface area (Å²) >= 11 is 0. The number of likely N-dealkylation sites (tertiary alicyclic amines) is 1. The summed E-state index contributed by atoms with van der Waals surface area (Å²) in [6.07, 6.45) is 1.37. The quantitative estimate of drug-likeness (QED) is 0.900. The lowest BCUT2D eigenvalue weighted by Gasteiger charge is -2.33. The third-order valence-electron chi connectivity index (χ3n) is 4.08. The highest BCUT2D eigenvalue weighted by Gasteiger charge is 2.48. The van der Waals surface area contributed by atoms with Crippen LogP contribution >= 0.6 is 0 Å². The van der Waals surface area contributed by atoms with E-state index in [-0.39, 0.29) is 5.69 Å². The number of urea groups is 1. The Bertz CT molecular complexity index is 576. The fourth-order valence-electron chi connectivity index (χ4n) is 2.83. The topological polar surface area (TPSA) is 69.6 Å². The van der Waals surface area contributed by atoms with Crippen molar-refractivity contribution < 1.29 is 19.1 Å². The summed E-state index contributed by atoms with van der Waals surface area (Å²) in [5.74, 6) is -1.55. The van der Waals surface area contributed by atoms with Gasteiger partial charge in [0.25, 0.3) is 0 Å². The van der Waals surface area contributed by atoms with Crippen LogP contribution < -0.4 is 5.32 Å². The molecule has 1 unspecified atom stereocenters. The van der Waals surface area contributed by atoms with Gasteiger partial charge >= 0.3 is 12.0 Å². The molecule has 0 saturated carbocycles. The number of carbonyl (C=O) groups excluding carboxylic acids is 1. The van der Waals surface area contributed by atoms with Crippen molar-refractivity contribution in [2.75, 3.05) is 11.9 Å². The van der Waals surface area contributed by atoms with Gasteiger partial charge in [0.2, 0.25) is 0 Å². The van der Waals surface area contributed by atoms with Crippen LogP contribution in [0, 0.1) is 12.7 Å². The van der Waals surface area contributed by atoms with Gasteiger partial charge in [-0.1, -0.05) is 13.0 Å². The second kappa shape index (κ2) is 5.71. The van der Waals surface area contributed by atoms with Crippen LogP contribution in [0.4, 0.5) is 14.9 Å². The molecule has 1 saturated heterocycles. The van der Waals surface area contributed by atoms with Crippen LogP contribution in [-0.2, 0) is 4.79 Å². The lowest BCUT2D eigenvalue weighted by Crippen LogP contribution is -2.54. The average Bonchev–Trinajstić information content (AvgIpc) is 2.88. The van der Waals surface area contributed by atoms with Crippen molar-refractivity contribution >= 4 is 17.7 Å². The summed E-state index contributed by atoms with van der Waals surface area (Å²) in [4.78, 5) is 25.2. The van der Waals surface area contributed by atoms with Crippen LogP contribution in [0.3, 0.4) is 0 Å². The fourth-order valence-corrected chi connectivity index (χ4v) is 2.83. The first-order chi connectivity index (χ1) is 9.90. The number of carboxylic acids is 1. The Balaban J connectivity index is 2.23. The van der Waals surface area contributed by atoms with Crippen LogP contribution in [0.15, 0.2) is 18.2 Å². The van der Waals surface area contributed by atoms with Crippen molar-refractivity contribution in [2.24, 2.45) is 0 Å². The number of anilines is 1. The van der Waals surface area contributed by atoms with E-state index in [2.05, 4.69) is 5.32 Å². The lowest BCUT2D eigenvalue weighted by molar-refractivity contribution is -0.148. The van der Waals surface area contributed by atoms with Crippen LogP contribution in [0.2, 0.25) is 0 Å². The molecule has 1 aliphatic heterocycles. The van der Waals surface area contributed by atoms with E-state index in [4.69, 9.17) is 0 Å². The number of aryl methyl sites for hydroxylation is 1. The number of carboxylic acid groups (broad SMARTS) is 1. The molecule has 1 fully saturated rings. The maximum atomic E-state index is 13.7. The van der Waals surface area contributed by atoms with Crippen molar-refractivity contribution in [3.63, 3.8) is 0 Å². The third-order valence-corrected chi connectivity index (χ3v) is 4.08. The van der Waals surface area contributed by atoms with E-state index in [1.54, 1.807) is 19.9 Å². The molecule has 2 N–H and O–H groups in total. The number of benzene rings is 1. The molecule has 1 aromatic rings. The van der Waals surface area contributed by atoms with E-state index in [0.717, 1.165) is 5.56 Å². The predicted octanol–water partition coefficient (Wildman–Crippen LogP) is 3.00. The van der Waals surface area contributed by atoms with Crippen LogP contribution in [0.1, 0.15) is 31.7 Å². The summed E-state index contributed by atoms with van der Waals surface area (Å²) in [5.41, 5.74) is -0.305. The molecular formula is C15H19FN2O3. The predicted molar refractivity (Wildman–Crippen MR) is 76.8 cm³/mol. The zero-order valence-electron chi connectivity index (χ0n) is 12.1. The molecule has 0 radical (unpaired) electrons. The molecule has 0 aromatic heterocycles. The van der Waals surface area contributed by atoms with E-state index < -0.39 is 23.4 Å². The SMILES string of the molecule is CCC1(C(=O)O)CCCN1C(=O)Nc1cc(C)ccc1F. The second-order valence-electron chi connectivity index (χ2n) is 5.36. The fraction of sp³-hybridized carbons (Fsp3) is 0.467. The van der Waals surface area contributed by atoms with Crippen molar-refractivity contribution in [2.45, 2.75) is 38.6 Å². The minimum atomic E-state index is -1.19. The molecule has 0 spiro atoms. The minimum absolute atomic E-state index is 0.0716. The van der Waals surface area contributed by atoms with E-state index >= 15 is 0 Å². The van der Waals surface area contributed by atoms with E-state index in [9.17, 15) is 19.1 Å². The van der Waals surface area contributed by atoms with Crippen molar-refractivity contribution in [1.29, 1.82) is 0 Å². The Labute approximate surface area is 122 Å². The Morgan fingerprint density at radius 1 is 1.48 bits per heavy atom. The Morgan fingerprint density at radius 2 is 2.19 bits per heavy atom. The molecule has 1 heterocycles. The smallest absolute Gasteiger partial charge is 0.329 e. The number of rotatable bonds is 3. The third kappa shape index (κ3) is 2.70. The first kappa shape index (κ1) is 15.3. The molecule has 114 valence electrons. The molecule has 1 aliphatic rings. The number of nitrogens with zero attached hydrogens (tertiary/aromatic N) is 1. The summed E-state index contributed by atoms with van der Waals surface area (Å²) in [6, 6.07) is 3.84.